The Bertz CT molecular complexity index is 383. The molecule has 1 atom stereocenters. The molecule has 1 amide bonds. The van der Waals surface area contributed by atoms with Crippen LogP contribution in [0.4, 0.5) is 5.82 Å². The van der Waals surface area contributed by atoms with Crippen LogP contribution in [0.5, 0.6) is 0 Å². The zero-order valence-electron chi connectivity index (χ0n) is 10.6. The van der Waals surface area contributed by atoms with Crippen LogP contribution in [-0.2, 0) is 7.05 Å². The van der Waals surface area contributed by atoms with Gasteiger partial charge in [-0.05, 0) is 12.8 Å². The zero-order chi connectivity index (χ0) is 12.5. The predicted octanol–water partition coefficient (Wildman–Crippen LogP) is 1.12. The number of carbonyl (C=O) groups is 1. The van der Waals surface area contributed by atoms with Crippen molar-refractivity contribution in [1.82, 2.24) is 14.7 Å². The summed E-state index contributed by atoms with van der Waals surface area (Å²) in [6.45, 7) is 6.19. The average Bonchev–Trinajstić information content (AvgIpc) is 2.56. The molecule has 0 aliphatic heterocycles. The predicted molar refractivity (Wildman–Crippen MR) is 64.0 cm³/mol. The van der Waals surface area contributed by atoms with Gasteiger partial charge in [0.15, 0.2) is 0 Å². The van der Waals surface area contributed by atoms with Gasteiger partial charge in [0.1, 0.15) is 11.4 Å². The van der Waals surface area contributed by atoms with Gasteiger partial charge in [-0.2, -0.15) is 5.10 Å². The van der Waals surface area contributed by atoms with Crippen LogP contribution < -0.4 is 5.73 Å². The molecule has 0 spiro atoms. The summed E-state index contributed by atoms with van der Waals surface area (Å²) in [6.07, 6.45) is 1.52. The summed E-state index contributed by atoms with van der Waals surface area (Å²) in [6, 6.07) is 0.173. The summed E-state index contributed by atoms with van der Waals surface area (Å²) in [7, 11) is 3.51. The third-order valence-corrected chi connectivity index (χ3v) is 3.11. The van der Waals surface area contributed by atoms with Gasteiger partial charge in [-0.3, -0.25) is 9.48 Å². The Hall–Kier alpha value is -1.52. The Labute approximate surface area is 96.2 Å². The van der Waals surface area contributed by atoms with Crippen LogP contribution in [0.25, 0.3) is 0 Å². The van der Waals surface area contributed by atoms with Crippen molar-refractivity contribution in [3.63, 3.8) is 0 Å². The quantitative estimate of drug-likeness (QED) is 0.836. The average molecular weight is 224 g/mol. The molecule has 16 heavy (non-hydrogen) atoms. The maximum absolute atomic E-state index is 12.1. The molecular weight excluding hydrogens is 204 g/mol. The van der Waals surface area contributed by atoms with Gasteiger partial charge in [-0.15, -0.1) is 0 Å². The molecule has 1 heterocycles. The molecule has 0 saturated carbocycles. The standard InChI is InChI=1S/C11H20N4O/c1-7(2)8(3)14(4)11(16)9-6-13-15(5)10(9)12/h6-8H,12H2,1-5H3. The highest BCUT2D eigenvalue weighted by atomic mass is 16.2. The van der Waals surface area contributed by atoms with Gasteiger partial charge in [0.25, 0.3) is 5.91 Å². The zero-order valence-corrected chi connectivity index (χ0v) is 10.6. The summed E-state index contributed by atoms with van der Waals surface area (Å²) < 4.78 is 1.50. The fourth-order valence-electron chi connectivity index (χ4n) is 1.43. The minimum absolute atomic E-state index is 0.0770. The first-order valence-electron chi connectivity index (χ1n) is 5.40. The first-order chi connectivity index (χ1) is 7.36. The summed E-state index contributed by atoms with van der Waals surface area (Å²) in [5, 5.41) is 3.97. The first kappa shape index (κ1) is 12.5. The Morgan fingerprint density at radius 2 is 2.06 bits per heavy atom. The van der Waals surface area contributed by atoms with E-state index in [2.05, 4.69) is 18.9 Å². The highest BCUT2D eigenvalue weighted by Gasteiger charge is 2.23. The van der Waals surface area contributed by atoms with Gasteiger partial charge < -0.3 is 10.6 Å². The molecule has 0 aromatic carbocycles. The number of hydrogen-bond donors (Lipinski definition) is 1. The number of nitrogens with two attached hydrogens (primary N) is 1. The molecule has 5 heteroatoms. The van der Waals surface area contributed by atoms with E-state index in [0.29, 0.717) is 17.3 Å². The maximum Gasteiger partial charge on any atom is 0.259 e. The van der Waals surface area contributed by atoms with E-state index in [1.54, 1.807) is 19.0 Å². The van der Waals surface area contributed by atoms with Gasteiger partial charge >= 0.3 is 0 Å². The van der Waals surface area contributed by atoms with Crippen LogP contribution >= 0.6 is 0 Å². The second-order valence-electron chi connectivity index (χ2n) is 4.47. The molecule has 0 fully saturated rings. The number of amides is 1. The number of nitrogen functional groups attached to an aromatic ring is 1. The van der Waals surface area contributed by atoms with Crippen molar-refractivity contribution < 1.29 is 4.79 Å². The van der Waals surface area contributed by atoms with Crippen molar-refractivity contribution in [3.05, 3.63) is 11.8 Å². The van der Waals surface area contributed by atoms with E-state index in [9.17, 15) is 4.79 Å². The third-order valence-electron chi connectivity index (χ3n) is 3.11. The van der Waals surface area contributed by atoms with Crippen LogP contribution in [0.3, 0.4) is 0 Å². The van der Waals surface area contributed by atoms with E-state index < -0.39 is 0 Å². The minimum Gasteiger partial charge on any atom is -0.383 e. The van der Waals surface area contributed by atoms with Crippen LogP contribution in [0, 0.1) is 5.92 Å². The van der Waals surface area contributed by atoms with Crippen molar-refractivity contribution in [1.29, 1.82) is 0 Å². The number of anilines is 1. The number of aryl methyl sites for hydroxylation is 1. The molecule has 0 bridgehead atoms. The summed E-state index contributed by atoms with van der Waals surface area (Å²) in [5.74, 6) is 0.742. The number of nitrogens with zero attached hydrogens (tertiary/aromatic N) is 3. The summed E-state index contributed by atoms with van der Waals surface area (Å²) >= 11 is 0. The first-order valence-corrected chi connectivity index (χ1v) is 5.40. The van der Waals surface area contributed by atoms with Gasteiger partial charge in [0, 0.05) is 20.1 Å². The third kappa shape index (κ3) is 2.18. The molecule has 0 aliphatic carbocycles. The van der Waals surface area contributed by atoms with Crippen molar-refractivity contribution in [2.75, 3.05) is 12.8 Å². The lowest BCUT2D eigenvalue weighted by Gasteiger charge is -2.27. The lowest BCUT2D eigenvalue weighted by molar-refractivity contribution is 0.0708. The monoisotopic (exact) mass is 224 g/mol. The SMILES string of the molecule is CC(C)C(C)N(C)C(=O)c1cnn(C)c1N. The van der Waals surface area contributed by atoms with Gasteiger partial charge in [-0.1, -0.05) is 13.8 Å². The van der Waals surface area contributed by atoms with E-state index in [0.717, 1.165) is 0 Å². The van der Waals surface area contributed by atoms with Crippen molar-refractivity contribution in [2.45, 2.75) is 26.8 Å². The Morgan fingerprint density at radius 3 is 2.44 bits per heavy atom. The van der Waals surface area contributed by atoms with Crippen LogP contribution in [0.15, 0.2) is 6.20 Å². The van der Waals surface area contributed by atoms with Crippen molar-refractivity contribution in [3.8, 4) is 0 Å². The topological polar surface area (TPSA) is 64.2 Å². The van der Waals surface area contributed by atoms with Crippen LogP contribution in [-0.4, -0.2) is 33.7 Å². The Balaban J connectivity index is 2.90. The Kier molecular flexibility index (Phi) is 3.57. The van der Waals surface area contributed by atoms with Crippen molar-refractivity contribution >= 4 is 11.7 Å². The van der Waals surface area contributed by atoms with Gasteiger partial charge in [-0.25, -0.2) is 0 Å². The van der Waals surface area contributed by atoms with E-state index in [4.69, 9.17) is 5.73 Å². The summed E-state index contributed by atoms with van der Waals surface area (Å²) in [4.78, 5) is 13.8. The van der Waals surface area contributed by atoms with E-state index in [1.165, 1.54) is 10.9 Å². The normalized spacial score (nSPS) is 12.9. The number of rotatable bonds is 3. The lowest BCUT2D eigenvalue weighted by Crippen LogP contribution is -2.38. The minimum atomic E-state index is -0.0770. The fourth-order valence-corrected chi connectivity index (χ4v) is 1.43. The smallest absolute Gasteiger partial charge is 0.259 e. The van der Waals surface area contributed by atoms with Crippen molar-refractivity contribution in [2.24, 2.45) is 13.0 Å². The number of hydrogen-bond acceptors (Lipinski definition) is 3. The van der Waals surface area contributed by atoms with Gasteiger partial charge in [0.05, 0.1) is 6.20 Å². The number of aromatic nitrogens is 2. The molecule has 1 aromatic heterocycles. The molecule has 0 aliphatic rings. The Morgan fingerprint density at radius 1 is 1.50 bits per heavy atom. The van der Waals surface area contributed by atoms with Crippen LogP contribution in [0.2, 0.25) is 0 Å². The van der Waals surface area contributed by atoms with E-state index in [-0.39, 0.29) is 11.9 Å². The molecular formula is C11H20N4O. The molecule has 0 saturated heterocycles. The summed E-state index contributed by atoms with van der Waals surface area (Å²) in [5.41, 5.74) is 6.24. The largest absolute Gasteiger partial charge is 0.383 e. The molecule has 1 rings (SSSR count). The molecule has 1 aromatic rings. The second kappa shape index (κ2) is 4.55. The van der Waals surface area contributed by atoms with E-state index in [1.807, 2.05) is 6.92 Å². The number of carbonyl (C=O) groups excluding carboxylic acids is 1. The maximum atomic E-state index is 12.1. The lowest BCUT2D eigenvalue weighted by atomic mass is 10.0. The fraction of sp³-hybridized carbons (Fsp3) is 0.636. The molecule has 90 valence electrons. The highest BCUT2D eigenvalue weighted by Crippen LogP contribution is 2.16. The molecule has 1 unspecified atom stereocenters. The van der Waals surface area contributed by atoms with Gasteiger partial charge in [0.2, 0.25) is 0 Å². The van der Waals surface area contributed by atoms with Crippen LogP contribution in [0.1, 0.15) is 31.1 Å². The molecule has 2 N–H and O–H groups in total. The molecule has 5 nitrogen and oxygen atoms in total. The highest BCUT2D eigenvalue weighted by molar-refractivity contribution is 5.98. The van der Waals surface area contributed by atoms with E-state index >= 15 is 0 Å². The molecule has 0 radical (unpaired) electrons. The second-order valence-corrected chi connectivity index (χ2v) is 4.47.